The van der Waals surface area contributed by atoms with Crippen LogP contribution in [0.15, 0.2) is 146 Å². The van der Waals surface area contributed by atoms with Gasteiger partial charge in [0.1, 0.15) is 5.69 Å². The number of nitrogens with zero attached hydrogens (tertiary/aromatic N) is 6. The highest BCUT2D eigenvalue weighted by Gasteiger charge is 2.38. The van der Waals surface area contributed by atoms with E-state index in [2.05, 4.69) is 134 Å². The molecule has 0 spiro atoms. The first-order chi connectivity index (χ1) is 27.7. The summed E-state index contributed by atoms with van der Waals surface area (Å²) in [4.78, 5) is 25.1. The molecule has 0 bridgehead atoms. The van der Waals surface area contributed by atoms with Crippen LogP contribution >= 0.6 is 0 Å². The van der Waals surface area contributed by atoms with Crippen molar-refractivity contribution in [3.8, 4) is 40.0 Å². The molecule has 0 radical (unpaired) electrons. The van der Waals surface area contributed by atoms with Crippen LogP contribution in [0.25, 0.3) is 94.4 Å². The molecule has 0 saturated carbocycles. The zero-order chi connectivity index (χ0) is 38.5. The number of hydrogen-bond acceptors (Lipinski definition) is 5. The van der Waals surface area contributed by atoms with Crippen molar-refractivity contribution in [2.45, 2.75) is 51.4 Å². The van der Waals surface area contributed by atoms with Gasteiger partial charge in [0.2, 0.25) is 0 Å². The van der Waals surface area contributed by atoms with Crippen LogP contribution in [0.2, 0.25) is 0 Å². The Bertz CT molecular complexity index is 3250. The van der Waals surface area contributed by atoms with E-state index in [0.717, 1.165) is 45.0 Å². The molecule has 1 aliphatic rings. The SMILES string of the molecule is CC1(C)CCC(C)(C)c2cc3c(cc21)c1cc2ccccc2cc1n3-c1cccc(-c2nc(-c3ccccc3)nc(-c3ccc4ccc5cccnc5c4n3)n2)c1. The number of hydrogen-bond donors (Lipinski definition) is 0. The molecule has 0 fully saturated rings. The molecule has 0 unspecified atom stereocenters. The minimum atomic E-state index is 0.0706. The lowest BCUT2D eigenvalue weighted by molar-refractivity contribution is 0.332. The van der Waals surface area contributed by atoms with Crippen LogP contribution < -0.4 is 0 Å². The van der Waals surface area contributed by atoms with Crippen molar-refractivity contribution in [1.29, 1.82) is 0 Å². The summed E-state index contributed by atoms with van der Waals surface area (Å²) in [5.41, 5.74) is 10.7. The lowest BCUT2D eigenvalue weighted by Crippen LogP contribution is -2.33. The van der Waals surface area contributed by atoms with E-state index >= 15 is 0 Å². The lowest BCUT2D eigenvalue weighted by Gasteiger charge is -2.42. The Balaban J connectivity index is 1.14. The Morgan fingerprint density at radius 2 is 1.05 bits per heavy atom. The predicted molar refractivity (Wildman–Crippen MR) is 234 cm³/mol. The highest BCUT2D eigenvalue weighted by atomic mass is 15.1. The maximum absolute atomic E-state index is 5.15. The minimum Gasteiger partial charge on any atom is -0.309 e. The largest absolute Gasteiger partial charge is 0.309 e. The molecule has 57 heavy (non-hydrogen) atoms. The first-order valence-corrected chi connectivity index (χ1v) is 19.8. The van der Waals surface area contributed by atoms with Gasteiger partial charge in [0.25, 0.3) is 0 Å². The number of benzene rings is 6. The molecule has 6 heteroatoms. The van der Waals surface area contributed by atoms with Gasteiger partial charge in [0.15, 0.2) is 17.5 Å². The fourth-order valence-electron chi connectivity index (χ4n) is 9.01. The van der Waals surface area contributed by atoms with E-state index in [1.165, 1.54) is 50.1 Å². The molecule has 6 aromatic carbocycles. The van der Waals surface area contributed by atoms with Crippen molar-refractivity contribution in [3.63, 3.8) is 0 Å². The van der Waals surface area contributed by atoms with E-state index < -0.39 is 0 Å². The van der Waals surface area contributed by atoms with E-state index in [9.17, 15) is 0 Å². The van der Waals surface area contributed by atoms with Gasteiger partial charge < -0.3 is 4.57 Å². The van der Waals surface area contributed by atoms with Gasteiger partial charge in [-0.2, -0.15) is 0 Å². The molecule has 274 valence electrons. The predicted octanol–water partition coefficient (Wildman–Crippen LogP) is 12.6. The van der Waals surface area contributed by atoms with E-state index in [0.29, 0.717) is 23.2 Å². The molecule has 1 aliphatic carbocycles. The number of rotatable bonds is 4. The highest BCUT2D eigenvalue weighted by molar-refractivity contribution is 6.14. The van der Waals surface area contributed by atoms with Gasteiger partial charge in [-0.25, -0.2) is 19.9 Å². The van der Waals surface area contributed by atoms with Crippen LogP contribution in [0.1, 0.15) is 51.7 Å². The molecule has 0 atom stereocenters. The molecule has 4 aromatic heterocycles. The number of aromatic nitrogens is 6. The summed E-state index contributed by atoms with van der Waals surface area (Å²) >= 11 is 0. The molecule has 10 aromatic rings. The third-order valence-electron chi connectivity index (χ3n) is 12.3. The summed E-state index contributed by atoms with van der Waals surface area (Å²) in [7, 11) is 0. The summed E-state index contributed by atoms with van der Waals surface area (Å²) in [6.45, 7) is 9.62. The van der Waals surface area contributed by atoms with Crippen LogP contribution in [0, 0.1) is 0 Å². The minimum absolute atomic E-state index is 0.0706. The summed E-state index contributed by atoms with van der Waals surface area (Å²) in [6.07, 6.45) is 4.14. The quantitative estimate of drug-likeness (QED) is 0.168. The smallest absolute Gasteiger partial charge is 0.182 e. The van der Waals surface area contributed by atoms with Gasteiger partial charge in [-0.15, -0.1) is 0 Å². The van der Waals surface area contributed by atoms with Gasteiger partial charge in [0.05, 0.1) is 22.1 Å². The second kappa shape index (κ2) is 12.4. The topological polar surface area (TPSA) is 69.4 Å². The molecule has 0 aliphatic heterocycles. The molecule has 0 saturated heterocycles. The average Bonchev–Trinajstić information content (AvgIpc) is 3.56. The highest BCUT2D eigenvalue weighted by Crippen LogP contribution is 2.49. The molecule has 6 nitrogen and oxygen atoms in total. The summed E-state index contributed by atoms with van der Waals surface area (Å²) in [6, 6.07) is 49.4. The fraction of sp³-hybridized carbons (Fsp3) is 0.157. The number of fused-ring (bicyclic) bond motifs is 8. The molecule has 0 N–H and O–H groups in total. The van der Waals surface area contributed by atoms with E-state index in [1.807, 2.05) is 48.7 Å². The van der Waals surface area contributed by atoms with Crippen molar-refractivity contribution >= 4 is 54.4 Å². The van der Waals surface area contributed by atoms with Crippen molar-refractivity contribution in [2.24, 2.45) is 0 Å². The van der Waals surface area contributed by atoms with Crippen molar-refractivity contribution in [1.82, 2.24) is 29.5 Å². The van der Waals surface area contributed by atoms with Crippen LogP contribution in [-0.4, -0.2) is 29.5 Å². The maximum atomic E-state index is 5.15. The first kappa shape index (κ1) is 33.5. The monoisotopic (exact) mass is 736 g/mol. The van der Waals surface area contributed by atoms with Gasteiger partial charge >= 0.3 is 0 Å². The van der Waals surface area contributed by atoms with Crippen molar-refractivity contribution in [3.05, 3.63) is 157 Å². The van der Waals surface area contributed by atoms with Gasteiger partial charge in [0, 0.05) is 44.6 Å². The standard InChI is InChI=1S/C51H40N6/c1-50(2)23-24-51(3,4)41-30-44-39(29-40(41)50)38-27-34-14-8-9-15-35(34)28-43(38)57(44)37-18-10-16-36(26-37)48-54-47(33-12-6-5-7-13-33)55-49(56-48)42-22-21-32-20-19-31-17-11-25-52-45(31)46(32)53-42/h5-22,25-30H,23-24H2,1-4H3. The zero-order valence-electron chi connectivity index (χ0n) is 32.5. The molecular weight excluding hydrogens is 697 g/mol. The Morgan fingerprint density at radius 3 is 1.84 bits per heavy atom. The molecule has 4 heterocycles. The Kier molecular flexibility index (Phi) is 7.27. The van der Waals surface area contributed by atoms with E-state index in [1.54, 1.807) is 0 Å². The van der Waals surface area contributed by atoms with Gasteiger partial charge in [-0.05, 0) is 94.1 Å². The first-order valence-electron chi connectivity index (χ1n) is 19.8. The summed E-state index contributed by atoms with van der Waals surface area (Å²) < 4.78 is 2.45. The Hall–Kier alpha value is -6.79. The number of pyridine rings is 2. The van der Waals surface area contributed by atoms with Crippen LogP contribution in [0.3, 0.4) is 0 Å². The van der Waals surface area contributed by atoms with Crippen LogP contribution in [-0.2, 0) is 10.8 Å². The van der Waals surface area contributed by atoms with Gasteiger partial charge in [-0.3, -0.25) is 4.98 Å². The van der Waals surface area contributed by atoms with Crippen LogP contribution in [0.4, 0.5) is 0 Å². The maximum Gasteiger partial charge on any atom is 0.182 e. The Labute approximate surface area is 330 Å². The molecular formula is C51H40N6. The fourth-order valence-corrected chi connectivity index (χ4v) is 9.01. The summed E-state index contributed by atoms with van der Waals surface area (Å²) in [5.74, 6) is 1.70. The van der Waals surface area contributed by atoms with Crippen LogP contribution in [0.5, 0.6) is 0 Å². The normalized spacial score (nSPS) is 14.8. The lowest BCUT2D eigenvalue weighted by atomic mass is 9.63. The summed E-state index contributed by atoms with van der Waals surface area (Å²) in [5, 5.41) is 7.06. The van der Waals surface area contributed by atoms with E-state index in [-0.39, 0.29) is 10.8 Å². The Morgan fingerprint density at radius 1 is 0.456 bits per heavy atom. The van der Waals surface area contributed by atoms with Crippen molar-refractivity contribution in [2.75, 3.05) is 0 Å². The second-order valence-electron chi connectivity index (χ2n) is 16.9. The second-order valence-corrected chi connectivity index (χ2v) is 16.9. The third kappa shape index (κ3) is 5.42. The molecule has 0 amide bonds. The average molecular weight is 737 g/mol. The third-order valence-corrected chi connectivity index (χ3v) is 12.3. The van der Waals surface area contributed by atoms with Crippen molar-refractivity contribution < 1.29 is 0 Å². The molecule has 11 rings (SSSR count). The van der Waals surface area contributed by atoms with Gasteiger partial charge in [-0.1, -0.05) is 119 Å². The van der Waals surface area contributed by atoms with E-state index in [4.69, 9.17) is 19.9 Å². The zero-order valence-corrected chi connectivity index (χ0v) is 32.5.